The lowest BCUT2D eigenvalue weighted by atomic mass is 9.75. The van der Waals surface area contributed by atoms with Crippen molar-refractivity contribution in [3.63, 3.8) is 0 Å². The largest absolute Gasteiger partial charge is 0.348 e. The molecule has 2 N–H and O–H groups in total. The van der Waals surface area contributed by atoms with Crippen molar-refractivity contribution in [2.75, 3.05) is 11.9 Å². The van der Waals surface area contributed by atoms with Gasteiger partial charge in [-0.05, 0) is 48.6 Å². The van der Waals surface area contributed by atoms with E-state index in [1.807, 2.05) is 24.3 Å². The molecule has 0 saturated carbocycles. The van der Waals surface area contributed by atoms with Crippen molar-refractivity contribution >= 4 is 23.4 Å². The molecule has 2 aromatic carbocycles. The minimum Gasteiger partial charge on any atom is -0.348 e. The van der Waals surface area contributed by atoms with Crippen molar-refractivity contribution in [1.29, 1.82) is 0 Å². The summed E-state index contributed by atoms with van der Waals surface area (Å²) >= 11 is 0. The summed E-state index contributed by atoms with van der Waals surface area (Å²) in [4.78, 5) is 40.2. The van der Waals surface area contributed by atoms with Gasteiger partial charge in [0, 0.05) is 25.1 Å². The van der Waals surface area contributed by atoms with Crippen LogP contribution in [0, 0.1) is 5.82 Å². The van der Waals surface area contributed by atoms with Gasteiger partial charge in [0.05, 0.1) is 17.5 Å². The monoisotopic (exact) mass is 421 g/mol. The van der Waals surface area contributed by atoms with Crippen LogP contribution in [0.1, 0.15) is 55.2 Å². The number of nitrogens with one attached hydrogen (secondary N) is 2. The number of carbonyl (C=O) groups is 3. The Morgan fingerprint density at radius 1 is 1.06 bits per heavy atom. The van der Waals surface area contributed by atoms with E-state index in [0.29, 0.717) is 30.6 Å². The number of benzene rings is 2. The van der Waals surface area contributed by atoms with Crippen LogP contribution in [0.4, 0.5) is 10.1 Å². The number of hydrogen-bond acceptors (Lipinski definition) is 3. The van der Waals surface area contributed by atoms with E-state index in [1.165, 1.54) is 12.1 Å². The fraction of sp³-hybridized carbons (Fsp3) is 0.375. The summed E-state index contributed by atoms with van der Waals surface area (Å²) < 4.78 is 14.2. The maximum atomic E-state index is 14.2. The molecule has 3 aliphatic rings. The van der Waals surface area contributed by atoms with Crippen LogP contribution in [-0.4, -0.2) is 34.7 Å². The highest BCUT2D eigenvalue weighted by Crippen LogP contribution is 2.46. The van der Waals surface area contributed by atoms with Gasteiger partial charge in [-0.15, -0.1) is 0 Å². The van der Waals surface area contributed by atoms with Crippen LogP contribution < -0.4 is 10.6 Å². The van der Waals surface area contributed by atoms with Crippen LogP contribution >= 0.6 is 0 Å². The van der Waals surface area contributed by atoms with Gasteiger partial charge in [-0.25, -0.2) is 4.39 Å². The fourth-order valence-electron chi connectivity index (χ4n) is 5.51. The van der Waals surface area contributed by atoms with Crippen LogP contribution in [0.15, 0.2) is 48.5 Å². The van der Waals surface area contributed by atoms with Gasteiger partial charge in [0.25, 0.3) is 0 Å². The minimum absolute atomic E-state index is 0.0434. The number of likely N-dealkylation sites (tertiary alicyclic amines) is 1. The first-order valence-corrected chi connectivity index (χ1v) is 10.7. The number of amides is 3. The number of hydrogen-bond donors (Lipinski definition) is 2. The quantitative estimate of drug-likeness (QED) is 0.781. The average Bonchev–Trinajstić information content (AvgIpc) is 3.12. The van der Waals surface area contributed by atoms with Crippen LogP contribution in [0.3, 0.4) is 0 Å². The second-order valence-corrected chi connectivity index (χ2v) is 8.69. The van der Waals surface area contributed by atoms with E-state index in [0.717, 1.165) is 18.4 Å². The Morgan fingerprint density at radius 2 is 1.90 bits per heavy atom. The Hall–Kier alpha value is -3.22. The zero-order valence-corrected chi connectivity index (χ0v) is 17.1. The number of fused-ring (bicyclic) bond motifs is 1. The van der Waals surface area contributed by atoms with Gasteiger partial charge in [-0.3, -0.25) is 14.4 Å². The first-order chi connectivity index (χ1) is 15.0. The van der Waals surface area contributed by atoms with Gasteiger partial charge in [0.15, 0.2) is 0 Å². The van der Waals surface area contributed by atoms with E-state index < -0.39 is 17.5 Å². The molecule has 0 aromatic heterocycles. The topological polar surface area (TPSA) is 78.5 Å². The molecule has 3 atom stereocenters. The summed E-state index contributed by atoms with van der Waals surface area (Å²) in [5.74, 6) is -1.37. The number of nitrogens with zero attached hydrogens (tertiary/aromatic N) is 1. The van der Waals surface area contributed by atoms with Crippen molar-refractivity contribution in [2.45, 2.75) is 49.6 Å². The smallest absolute Gasteiger partial charge is 0.231 e. The standard InChI is InChI=1S/C24H24FN3O3/c25-16-6-3-5-15(13-16)22-24(11-9-20(29)27-24)10-4-12-28(22)23(31)18-14-21(30)26-19-8-2-1-7-17(18)19/h1-3,5-8,13,18,22H,4,9-12,14H2,(H,26,30)(H,27,29)/t18?,22-,24+/m1/s1. The predicted octanol–water partition coefficient (Wildman–Crippen LogP) is 3.26. The second kappa shape index (κ2) is 7.48. The molecule has 0 bridgehead atoms. The second-order valence-electron chi connectivity index (χ2n) is 8.69. The van der Waals surface area contributed by atoms with Crippen molar-refractivity contribution < 1.29 is 18.8 Å². The summed E-state index contributed by atoms with van der Waals surface area (Å²) in [6, 6.07) is 13.1. The summed E-state index contributed by atoms with van der Waals surface area (Å²) in [7, 11) is 0. The summed E-state index contributed by atoms with van der Waals surface area (Å²) in [6.45, 7) is 0.498. The molecule has 31 heavy (non-hydrogen) atoms. The molecular formula is C24H24FN3O3. The predicted molar refractivity (Wildman–Crippen MR) is 113 cm³/mol. The fourth-order valence-corrected chi connectivity index (χ4v) is 5.51. The lowest BCUT2D eigenvalue weighted by Gasteiger charge is -2.49. The van der Waals surface area contributed by atoms with Gasteiger partial charge in [0.1, 0.15) is 5.82 Å². The zero-order valence-electron chi connectivity index (χ0n) is 17.1. The van der Waals surface area contributed by atoms with E-state index in [1.54, 1.807) is 17.0 Å². The van der Waals surface area contributed by atoms with E-state index in [-0.39, 0.29) is 30.0 Å². The molecule has 6 nitrogen and oxygen atoms in total. The molecule has 3 heterocycles. The third kappa shape index (κ3) is 3.38. The Balaban J connectivity index is 1.57. The maximum Gasteiger partial charge on any atom is 0.231 e. The highest BCUT2D eigenvalue weighted by molar-refractivity contribution is 6.01. The summed E-state index contributed by atoms with van der Waals surface area (Å²) in [5, 5.41) is 5.95. The van der Waals surface area contributed by atoms with Crippen molar-refractivity contribution in [2.24, 2.45) is 0 Å². The normalized spacial score (nSPS) is 27.6. The molecule has 1 spiro atoms. The van der Waals surface area contributed by atoms with Crippen LogP contribution in [0.5, 0.6) is 0 Å². The van der Waals surface area contributed by atoms with Gasteiger partial charge in [0.2, 0.25) is 17.7 Å². The zero-order chi connectivity index (χ0) is 21.6. The van der Waals surface area contributed by atoms with Crippen LogP contribution in [0.2, 0.25) is 0 Å². The molecule has 160 valence electrons. The third-order valence-corrected chi connectivity index (χ3v) is 6.79. The molecule has 0 aliphatic carbocycles. The first kappa shape index (κ1) is 19.7. The molecular weight excluding hydrogens is 397 g/mol. The molecule has 5 rings (SSSR count). The van der Waals surface area contributed by atoms with Crippen molar-refractivity contribution in [3.05, 3.63) is 65.5 Å². The number of rotatable bonds is 2. The van der Waals surface area contributed by atoms with Gasteiger partial charge in [-0.2, -0.15) is 0 Å². The van der Waals surface area contributed by atoms with E-state index in [4.69, 9.17) is 0 Å². The molecule has 3 aliphatic heterocycles. The van der Waals surface area contributed by atoms with Gasteiger partial charge in [-0.1, -0.05) is 30.3 Å². The molecule has 2 aromatic rings. The lowest BCUT2D eigenvalue weighted by Crippen LogP contribution is -2.59. The Labute approximate surface area is 179 Å². The third-order valence-electron chi connectivity index (χ3n) is 6.79. The number of halogens is 1. The Kier molecular flexibility index (Phi) is 4.76. The van der Waals surface area contributed by atoms with Crippen molar-refractivity contribution in [3.8, 4) is 0 Å². The highest BCUT2D eigenvalue weighted by Gasteiger charge is 2.52. The summed E-state index contributed by atoms with van der Waals surface area (Å²) in [5.41, 5.74) is 1.50. The average molecular weight is 421 g/mol. The van der Waals surface area contributed by atoms with E-state index in [9.17, 15) is 18.8 Å². The maximum absolute atomic E-state index is 14.2. The first-order valence-electron chi connectivity index (χ1n) is 10.7. The minimum atomic E-state index is -0.616. The number of para-hydroxylation sites is 1. The number of carbonyl (C=O) groups excluding carboxylic acids is 3. The Bertz CT molecular complexity index is 1070. The molecule has 2 saturated heterocycles. The highest BCUT2D eigenvalue weighted by atomic mass is 19.1. The van der Waals surface area contributed by atoms with Crippen molar-refractivity contribution in [1.82, 2.24) is 10.2 Å². The lowest BCUT2D eigenvalue weighted by molar-refractivity contribution is -0.141. The van der Waals surface area contributed by atoms with Gasteiger partial charge >= 0.3 is 0 Å². The van der Waals surface area contributed by atoms with Gasteiger partial charge < -0.3 is 15.5 Å². The molecule has 2 fully saturated rings. The molecule has 1 unspecified atom stereocenters. The van der Waals surface area contributed by atoms with E-state index >= 15 is 0 Å². The molecule has 3 amide bonds. The number of piperidine rings is 1. The molecule has 7 heteroatoms. The van der Waals surface area contributed by atoms with Crippen LogP contribution in [0.25, 0.3) is 0 Å². The summed E-state index contributed by atoms with van der Waals surface area (Å²) in [6.07, 6.45) is 2.52. The molecule has 0 radical (unpaired) electrons. The number of anilines is 1. The SMILES string of the molecule is O=C1CC(C(=O)N2CCC[C@]3(CCC(=O)N3)[C@H]2c2cccc(F)c2)c2ccccc2N1. The Morgan fingerprint density at radius 3 is 2.68 bits per heavy atom. The van der Waals surface area contributed by atoms with Crippen LogP contribution in [-0.2, 0) is 14.4 Å². The van der Waals surface area contributed by atoms with E-state index in [2.05, 4.69) is 10.6 Å².